The fourth-order valence-corrected chi connectivity index (χ4v) is 1.79. The van der Waals surface area contributed by atoms with Crippen LogP contribution in [0, 0.1) is 6.92 Å². The third-order valence-electron chi connectivity index (χ3n) is 3.05. The van der Waals surface area contributed by atoms with Crippen LogP contribution in [-0.2, 0) is 6.54 Å². The lowest BCUT2D eigenvalue weighted by Gasteiger charge is -2.17. The Hall–Kier alpha value is -2.24. The second-order valence-corrected chi connectivity index (χ2v) is 4.77. The first-order chi connectivity index (χ1) is 8.99. The van der Waals surface area contributed by atoms with Crippen molar-refractivity contribution >= 4 is 11.9 Å². The molecule has 0 aliphatic heterocycles. The SMILES string of the molecule is Cc1c(O)cccc1CN(C)c1nc(N(C)C)n[nH]1. The Labute approximate surface area is 112 Å². The average molecular weight is 261 g/mol. The zero-order valence-corrected chi connectivity index (χ0v) is 11.7. The van der Waals surface area contributed by atoms with E-state index in [2.05, 4.69) is 15.2 Å². The molecule has 1 heterocycles. The highest BCUT2D eigenvalue weighted by Gasteiger charge is 2.11. The first-order valence-corrected chi connectivity index (χ1v) is 6.07. The van der Waals surface area contributed by atoms with E-state index in [0.29, 0.717) is 24.2 Å². The Morgan fingerprint density at radius 1 is 1.26 bits per heavy atom. The summed E-state index contributed by atoms with van der Waals surface area (Å²) in [7, 11) is 5.72. The van der Waals surface area contributed by atoms with Gasteiger partial charge in [-0.15, -0.1) is 5.10 Å². The van der Waals surface area contributed by atoms with Crippen LogP contribution in [0.15, 0.2) is 18.2 Å². The van der Waals surface area contributed by atoms with Crippen LogP contribution < -0.4 is 9.80 Å². The molecule has 0 aliphatic carbocycles. The summed E-state index contributed by atoms with van der Waals surface area (Å²) >= 11 is 0. The largest absolute Gasteiger partial charge is 0.508 e. The van der Waals surface area contributed by atoms with Gasteiger partial charge < -0.3 is 14.9 Å². The number of phenolic OH excluding ortho intramolecular Hbond substituents is 1. The highest BCUT2D eigenvalue weighted by atomic mass is 16.3. The molecule has 0 bridgehead atoms. The maximum absolute atomic E-state index is 9.70. The summed E-state index contributed by atoms with van der Waals surface area (Å²) in [6, 6.07) is 5.53. The lowest BCUT2D eigenvalue weighted by Crippen LogP contribution is -2.18. The minimum atomic E-state index is 0.317. The predicted molar refractivity (Wildman–Crippen MR) is 75.7 cm³/mol. The van der Waals surface area contributed by atoms with Gasteiger partial charge in [0.25, 0.3) is 0 Å². The molecule has 2 rings (SSSR count). The molecule has 0 atom stereocenters. The fraction of sp³-hybridized carbons (Fsp3) is 0.385. The molecule has 0 spiro atoms. The van der Waals surface area contributed by atoms with Crippen LogP contribution in [0.25, 0.3) is 0 Å². The highest BCUT2D eigenvalue weighted by molar-refractivity contribution is 5.42. The topological polar surface area (TPSA) is 68.3 Å². The Kier molecular flexibility index (Phi) is 3.59. The van der Waals surface area contributed by atoms with Crippen molar-refractivity contribution in [3.05, 3.63) is 29.3 Å². The molecule has 0 saturated heterocycles. The van der Waals surface area contributed by atoms with Crippen molar-refractivity contribution in [3.63, 3.8) is 0 Å². The van der Waals surface area contributed by atoms with Crippen molar-refractivity contribution in [1.82, 2.24) is 15.2 Å². The van der Waals surface area contributed by atoms with Gasteiger partial charge >= 0.3 is 0 Å². The summed E-state index contributed by atoms with van der Waals surface area (Å²) < 4.78 is 0. The number of anilines is 2. The number of hydrogen-bond donors (Lipinski definition) is 2. The van der Waals surface area contributed by atoms with E-state index in [1.54, 1.807) is 6.07 Å². The van der Waals surface area contributed by atoms with Crippen molar-refractivity contribution in [2.75, 3.05) is 30.9 Å². The van der Waals surface area contributed by atoms with Gasteiger partial charge in [0.1, 0.15) is 5.75 Å². The van der Waals surface area contributed by atoms with Crippen LogP contribution in [0.5, 0.6) is 5.75 Å². The molecule has 0 fully saturated rings. The van der Waals surface area contributed by atoms with E-state index < -0.39 is 0 Å². The predicted octanol–water partition coefficient (Wildman–Crippen LogP) is 1.52. The molecule has 6 nitrogen and oxygen atoms in total. The maximum Gasteiger partial charge on any atom is 0.245 e. The lowest BCUT2D eigenvalue weighted by atomic mass is 10.1. The van der Waals surface area contributed by atoms with Gasteiger partial charge in [-0.05, 0) is 24.1 Å². The summed E-state index contributed by atoms with van der Waals surface area (Å²) in [5.41, 5.74) is 1.95. The van der Waals surface area contributed by atoms with Crippen molar-refractivity contribution in [1.29, 1.82) is 0 Å². The third kappa shape index (κ3) is 2.78. The molecule has 0 unspecified atom stereocenters. The number of hydrogen-bond acceptors (Lipinski definition) is 5. The van der Waals surface area contributed by atoms with Gasteiger partial charge in [-0.2, -0.15) is 4.98 Å². The first kappa shape index (κ1) is 13.2. The summed E-state index contributed by atoms with van der Waals surface area (Å²) in [6.45, 7) is 2.56. The van der Waals surface area contributed by atoms with E-state index in [0.717, 1.165) is 11.1 Å². The Balaban J connectivity index is 2.16. The highest BCUT2D eigenvalue weighted by Crippen LogP contribution is 2.22. The Bertz CT molecular complexity index is 564. The van der Waals surface area contributed by atoms with Crippen molar-refractivity contribution < 1.29 is 5.11 Å². The maximum atomic E-state index is 9.70. The van der Waals surface area contributed by atoms with Gasteiger partial charge in [0.05, 0.1) is 0 Å². The van der Waals surface area contributed by atoms with Gasteiger partial charge in [-0.25, -0.2) is 5.10 Å². The summed E-state index contributed by atoms with van der Waals surface area (Å²) in [4.78, 5) is 8.18. The minimum Gasteiger partial charge on any atom is -0.508 e. The Morgan fingerprint density at radius 3 is 2.63 bits per heavy atom. The summed E-state index contributed by atoms with van der Waals surface area (Å²) in [6.07, 6.45) is 0. The number of phenols is 1. The minimum absolute atomic E-state index is 0.317. The van der Waals surface area contributed by atoms with E-state index in [1.165, 1.54) is 0 Å². The lowest BCUT2D eigenvalue weighted by molar-refractivity contribution is 0.470. The second kappa shape index (κ2) is 5.17. The van der Waals surface area contributed by atoms with E-state index >= 15 is 0 Å². The van der Waals surface area contributed by atoms with E-state index in [1.807, 2.05) is 50.0 Å². The van der Waals surface area contributed by atoms with Crippen LogP contribution in [0.2, 0.25) is 0 Å². The number of nitrogens with zero attached hydrogens (tertiary/aromatic N) is 4. The summed E-state index contributed by atoms with van der Waals surface area (Å²) in [5, 5.41) is 16.7. The molecule has 102 valence electrons. The summed E-state index contributed by atoms with van der Waals surface area (Å²) in [5.74, 6) is 1.67. The molecule has 1 aromatic carbocycles. The van der Waals surface area contributed by atoms with Crippen LogP contribution >= 0.6 is 0 Å². The number of aromatic nitrogens is 3. The molecule has 0 aliphatic rings. The normalized spacial score (nSPS) is 10.5. The monoisotopic (exact) mass is 261 g/mol. The molecule has 0 saturated carbocycles. The number of aromatic amines is 1. The van der Waals surface area contributed by atoms with Crippen LogP contribution in [-0.4, -0.2) is 41.4 Å². The Morgan fingerprint density at radius 2 is 2.00 bits per heavy atom. The molecular weight excluding hydrogens is 242 g/mol. The van der Waals surface area contributed by atoms with Gasteiger partial charge in [0.2, 0.25) is 11.9 Å². The molecule has 2 N–H and O–H groups in total. The van der Waals surface area contributed by atoms with Gasteiger partial charge in [-0.1, -0.05) is 12.1 Å². The number of rotatable bonds is 4. The van der Waals surface area contributed by atoms with E-state index in [9.17, 15) is 5.11 Å². The van der Waals surface area contributed by atoms with Crippen molar-refractivity contribution in [2.24, 2.45) is 0 Å². The van der Waals surface area contributed by atoms with Crippen molar-refractivity contribution in [2.45, 2.75) is 13.5 Å². The second-order valence-electron chi connectivity index (χ2n) is 4.77. The molecule has 6 heteroatoms. The number of nitrogens with one attached hydrogen (secondary N) is 1. The first-order valence-electron chi connectivity index (χ1n) is 6.07. The molecule has 2 aromatic rings. The molecule has 0 radical (unpaired) electrons. The van der Waals surface area contributed by atoms with E-state index in [4.69, 9.17) is 0 Å². The van der Waals surface area contributed by atoms with Crippen molar-refractivity contribution in [3.8, 4) is 5.75 Å². The van der Waals surface area contributed by atoms with E-state index in [-0.39, 0.29) is 0 Å². The van der Waals surface area contributed by atoms with Gasteiger partial charge in [0.15, 0.2) is 0 Å². The number of H-pyrrole nitrogens is 1. The molecule has 1 aromatic heterocycles. The fourth-order valence-electron chi connectivity index (χ4n) is 1.79. The van der Waals surface area contributed by atoms with Gasteiger partial charge in [-0.3, -0.25) is 0 Å². The quantitative estimate of drug-likeness (QED) is 0.873. The number of benzene rings is 1. The standard InChI is InChI=1S/C13H19N5O/c1-9-10(6-5-7-11(9)19)8-18(4)13-14-12(15-16-13)17(2)3/h5-7,19H,8H2,1-4H3,(H,14,15,16). The molecular formula is C13H19N5O. The third-order valence-corrected chi connectivity index (χ3v) is 3.05. The number of aromatic hydroxyl groups is 1. The van der Waals surface area contributed by atoms with Gasteiger partial charge in [0, 0.05) is 27.7 Å². The zero-order valence-electron chi connectivity index (χ0n) is 11.7. The van der Waals surface area contributed by atoms with Crippen LogP contribution in [0.3, 0.4) is 0 Å². The van der Waals surface area contributed by atoms with Crippen LogP contribution in [0.4, 0.5) is 11.9 Å². The smallest absolute Gasteiger partial charge is 0.245 e. The molecule has 0 amide bonds. The van der Waals surface area contributed by atoms with Crippen LogP contribution in [0.1, 0.15) is 11.1 Å². The zero-order chi connectivity index (χ0) is 14.0. The average Bonchev–Trinajstić information content (AvgIpc) is 2.84. The molecule has 19 heavy (non-hydrogen) atoms.